The summed E-state index contributed by atoms with van der Waals surface area (Å²) >= 11 is 0. The smallest absolute Gasteiger partial charge is 0.381 e. The van der Waals surface area contributed by atoms with Crippen LogP contribution in [0.3, 0.4) is 0 Å². The van der Waals surface area contributed by atoms with Crippen LogP contribution in [-0.2, 0) is 16.3 Å². The number of aromatic nitrogens is 2. The summed E-state index contributed by atoms with van der Waals surface area (Å²) in [6.45, 7) is 1.40. The molecular formula is C17H17F4N3O. The minimum atomic E-state index is -4.52. The predicted octanol–water partition coefficient (Wildman–Crippen LogP) is 3.79. The van der Waals surface area contributed by atoms with Gasteiger partial charge in [0.2, 0.25) is 5.95 Å². The van der Waals surface area contributed by atoms with Gasteiger partial charge in [-0.3, -0.25) is 0 Å². The number of benzene rings is 1. The van der Waals surface area contributed by atoms with Crippen molar-refractivity contribution in [1.82, 2.24) is 9.97 Å². The number of nitrogens with zero attached hydrogens (tertiary/aromatic N) is 2. The normalized spacial score (nSPS) is 17.3. The molecule has 25 heavy (non-hydrogen) atoms. The lowest BCUT2D eigenvalue weighted by Crippen LogP contribution is -2.40. The summed E-state index contributed by atoms with van der Waals surface area (Å²) < 4.78 is 56.9. The average molecular weight is 355 g/mol. The molecule has 1 aromatic carbocycles. The monoisotopic (exact) mass is 355 g/mol. The topological polar surface area (TPSA) is 47.0 Å². The second-order valence-electron chi connectivity index (χ2n) is 6.02. The van der Waals surface area contributed by atoms with Crippen LogP contribution in [0.25, 0.3) is 0 Å². The van der Waals surface area contributed by atoms with Gasteiger partial charge in [-0.15, -0.1) is 0 Å². The lowest BCUT2D eigenvalue weighted by Gasteiger charge is -2.38. The number of halogens is 4. The molecule has 2 aromatic rings. The fourth-order valence-corrected chi connectivity index (χ4v) is 2.98. The Bertz CT molecular complexity index is 713. The van der Waals surface area contributed by atoms with Gasteiger partial charge < -0.3 is 10.1 Å². The third-order valence-corrected chi connectivity index (χ3v) is 4.44. The van der Waals surface area contributed by atoms with Gasteiger partial charge >= 0.3 is 6.18 Å². The van der Waals surface area contributed by atoms with E-state index >= 15 is 0 Å². The highest BCUT2D eigenvalue weighted by molar-refractivity contribution is 5.33. The van der Waals surface area contributed by atoms with Crippen LogP contribution in [-0.4, -0.2) is 29.7 Å². The van der Waals surface area contributed by atoms with E-state index in [-0.39, 0.29) is 17.2 Å². The van der Waals surface area contributed by atoms with Crippen LogP contribution in [0.4, 0.5) is 23.5 Å². The number of rotatable bonds is 4. The number of ether oxygens (including phenoxy) is 1. The summed E-state index contributed by atoms with van der Waals surface area (Å²) in [6.07, 6.45) is -2.10. The maximum Gasteiger partial charge on any atom is 0.433 e. The zero-order chi connectivity index (χ0) is 17.9. The van der Waals surface area contributed by atoms with E-state index in [1.807, 2.05) is 0 Å². The lowest BCUT2D eigenvalue weighted by atomic mass is 9.74. The zero-order valence-electron chi connectivity index (χ0n) is 13.3. The van der Waals surface area contributed by atoms with Crippen LogP contribution in [0.2, 0.25) is 0 Å². The Hall–Kier alpha value is -2.22. The fourth-order valence-electron chi connectivity index (χ4n) is 2.98. The van der Waals surface area contributed by atoms with Gasteiger partial charge in [0.15, 0.2) is 0 Å². The van der Waals surface area contributed by atoms with Crippen molar-refractivity contribution in [3.63, 3.8) is 0 Å². The molecule has 0 amide bonds. The first-order valence-electron chi connectivity index (χ1n) is 7.87. The highest BCUT2D eigenvalue weighted by Crippen LogP contribution is 2.35. The molecule has 1 aliphatic heterocycles. The molecule has 0 atom stereocenters. The molecule has 0 aliphatic carbocycles. The first-order chi connectivity index (χ1) is 11.9. The van der Waals surface area contributed by atoms with Crippen LogP contribution in [0, 0.1) is 5.82 Å². The molecule has 1 fully saturated rings. The van der Waals surface area contributed by atoms with Crippen molar-refractivity contribution >= 4 is 5.95 Å². The van der Waals surface area contributed by atoms with Crippen LogP contribution in [0.5, 0.6) is 0 Å². The number of nitrogens with one attached hydrogen (secondary N) is 1. The number of hydrogen-bond acceptors (Lipinski definition) is 4. The third kappa shape index (κ3) is 4.07. The van der Waals surface area contributed by atoms with Crippen LogP contribution in [0.15, 0.2) is 36.5 Å². The first-order valence-corrected chi connectivity index (χ1v) is 7.87. The quantitative estimate of drug-likeness (QED) is 0.848. The summed E-state index contributed by atoms with van der Waals surface area (Å²) in [5.74, 6) is -0.414. The maximum atomic E-state index is 13.2. The molecule has 8 heteroatoms. The second-order valence-corrected chi connectivity index (χ2v) is 6.02. The summed E-state index contributed by atoms with van der Waals surface area (Å²) in [5, 5.41) is 2.91. The van der Waals surface area contributed by atoms with E-state index in [9.17, 15) is 17.6 Å². The number of anilines is 1. The Morgan fingerprint density at radius 2 is 1.76 bits per heavy atom. The highest BCUT2D eigenvalue weighted by Gasteiger charge is 2.35. The van der Waals surface area contributed by atoms with Gasteiger partial charge in [-0.1, -0.05) is 12.1 Å². The SMILES string of the molecule is Fc1ccc(C2(CNc3nccc(C(F)(F)F)n3)CCOCC2)cc1. The summed E-state index contributed by atoms with van der Waals surface area (Å²) in [7, 11) is 0. The molecule has 0 spiro atoms. The van der Waals surface area contributed by atoms with Crippen molar-refractivity contribution in [1.29, 1.82) is 0 Å². The van der Waals surface area contributed by atoms with Crippen molar-refractivity contribution in [2.24, 2.45) is 0 Å². The largest absolute Gasteiger partial charge is 0.433 e. The van der Waals surface area contributed by atoms with Gasteiger partial charge in [0.25, 0.3) is 0 Å². The minimum absolute atomic E-state index is 0.0807. The summed E-state index contributed by atoms with van der Waals surface area (Å²) in [6, 6.07) is 7.00. The molecule has 0 saturated carbocycles. The molecule has 0 radical (unpaired) electrons. The summed E-state index contributed by atoms with van der Waals surface area (Å²) in [4.78, 5) is 7.39. The zero-order valence-corrected chi connectivity index (χ0v) is 13.3. The molecule has 3 rings (SSSR count). The molecule has 1 aliphatic rings. The van der Waals surface area contributed by atoms with E-state index in [0.29, 0.717) is 32.6 Å². The van der Waals surface area contributed by atoms with E-state index < -0.39 is 11.9 Å². The minimum Gasteiger partial charge on any atom is -0.381 e. The molecule has 134 valence electrons. The maximum absolute atomic E-state index is 13.2. The van der Waals surface area contributed by atoms with Crippen molar-refractivity contribution in [3.8, 4) is 0 Å². The number of alkyl halides is 3. The molecule has 0 bridgehead atoms. The Labute approximate surface area is 142 Å². The van der Waals surface area contributed by atoms with Gasteiger partial charge in [-0.2, -0.15) is 13.2 Å². The number of hydrogen-bond donors (Lipinski definition) is 1. The third-order valence-electron chi connectivity index (χ3n) is 4.44. The van der Waals surface area contributed by atoms with Gasteiger partial charge in [-0.25, -0.2) is 14.4 Å². The van der Waals surface area contributed by atoms with Crippen molar-refractivity contribution in [3.05, 3.63) is 53.6 Å². The second kappa shape index (κ2) is 6.95. The van der Waals surface area contributed by atoms with Crippen LogP contribution in [0.1, 0.15) is 24.1 Å². The Morgan fingerprint density at radius 1 is 1.08 bits per heavy atom. The predicted molar refractivity (Wildman–Crippen MR) is 83.7 cm³/mol. The van der Waals surface area contributed by atoms with E-state index in [0.717, 1.165) is 17.8 Å². The van der Waals surface area contributed by atoms with Gasteiger partial charge in [0.1, 0.15) is 11.5 Å². The van der Waals surface area contributed by atoms with Gasteiger partial charge in [-0.05, 0) is 36.6 Å². The molecule has 1 N–H and O–H groups in total. The van der Waals surface area contributed by atoms with Crippen LogP contribution >= 0.6 is 0 Å². The van der Waals surface area contributed by atoms with E-state index in [4.69, 9.17) is 4.74 Å². The fraction of sp³-hybridized carbons (Fsp3) is 0.412. The molecule has 2 heterocycles. The highest BCUT2D eigenvalue weighted by atomic mass is 19.4. The molecule has 1 aromatic heterocycles. The van der Waals surface area contributed by atoms with Gasteiger partial charge in [0, 0.05) is 31.4 Å². The van der Waals surface area contributed by atoms with Gasteiger partial charge in [0.05, 0.1) is 0 Å². The Balaban J connectivity index is 1.81. The summed E-state index contributed by atoms with van der Waals surface area (Å²) in [5.41, 5.74) is -0.451. The van der Waals surface area contributed by atoms with Crippen molar-refractivity contribution in [2.45, 2.75) is 24.4 Å². The van der Waals surface area contributed by atoms with E-state index in [1.165, 1.54) is 12.1 Å². The molecule has 0 unspecified atom stereocenters. The Morgan fingerprint density at radius 3 is 2.40 bits per heavy atom. The van der Waals surface area contributed by atoms with Crippen molar-refractivity contribution < 1.29 is 22.3 Å². The lowest BCUT2D eigenvalue weighted by molar-refractivity contribution is -0.141. The van der Waals surface area contributed by atoms with Crippen LogP contribution < -0.4 is 5.32 Å². The van der Waals surface area contributed by atoms with Crippen molar-refractivity contribution in [2.75, 3.05) is 25.1 Å². The molecule has 4 nitrogen and oxygen atoms in total. The van der Waals surface area contributed by atoms with E-state index in [2.05, 4.69) is 15.3 Å². The first kappa shape index (κ1) is 17.6. The average Bonchev–Trinajstić information content (AvgIpc) is 2.61. The molecular weight excluding hydrogens is 338 g/mol. The standard InChI is InChI=1S/C17H17F4N3O/c18-13-3-1-12(2-4-13)16(6-9-25-10-7-16)11-23-15-22-8-5-14(24-15)17(19,20)21/h1-5,8H,6-7,9-11H2,(H,22,23,24). The molecule has 1 saturated heterocycles. The van der Waals surface area contributed by atoms with E-state index in [1.54, 1.807) is 12.1 Å². The Kier molecular flexibility index (Phi) is 4.89.